The van der Waals surface area contributed by atoms with Gasteiger partial charge in [0.05, 0.1) is 0 Å². The van der Waals surface area contributed by atoms with E-state index in [2.05, 4.69) is 57.1 Å². The highest BCUT2D eigenvalue weighted by Crippen LogP contribution is 2.15. The van der Waals surface area contributed by atoms with Crippen LogP contribution in [0.15, 0.2) is 24.3 Å². The van der Waals surface area contributed by atoms with E-state index in [0.717, 1.165) is 6.54 Å². The first kappa shape index (κ1) is 10.3. The maximum atomic E-state index is 2.30. The summed E-state index contributed by atoms with van der Waals surface area (Å²) >= 11 is 0. The number of benzene rings is 1. The van der Waals surface area contributed by atoms with Crippen molar-refractivity contribution in [2.75, 3.05) is 14.1 Å². The minimum Gasteiger partial charge on any atom is -0.305 e. The van der Waals surface area contributed by atoms with E-state index in [1.54, 1.807) is 0 Å². The van der Waals surface area contributed by atoms with Gasteiger partial charge in [0.25, 0.3) is 0 Å². The van der Waals surface area contributed by atoms with Crippen LogP contribution in [0.4, 0.5) is 0 Å². The topological polar surface area (TPSA) is 3.24 Å². The number of nitrogens with zero attached hydrogens (tertiary/aromatic N) is 1. The summed E-state index contributed by atoms with van der Waals surface area (Å²) in [5.41, 5.74) is 2.83. The molecular formula is C12H19N. The van der Waals surface area contributed by atoms with E-state index >= 15 is 0 Å². The van der Waals surface area contributed by atoms with E-state index in [1.807, 2.05) is 0 Å². The molecule has 0 unspecified atom stereocenters. The van der Waals surface area contributed by atoms with Gasteiger partial charge in [-0.3, -0.25) is 0 Å². The quantitative estimate of drug-likeness (QED) is 0.686. The van der Waals surface area contributed by atoms with Crippen LogP contribution in [0.1, 0.15) is 30.9 Å². The number of hydrogen-bond acceptors (Lipinski definition) is 1. The Kier molecular flexibility index (Phi) is 3.49. The standard InChI is InChI=1S/C12H19N/c1-10(2)12-7-5-6-11(8-12)9-13(3)4/h5-8,10H,9H2,1-4H3. The van der Waals surface area contributed by atoms with Crippen molar-refractivity contribution in [3.63, 3.8) is 0 Å². The molecule has 0 aliphatic carbocycles. The van der Waals surface area contributed by atoms with Gasteiger partial charge in [-0.15, -0.1) is 0 Å². The zero-order chi connectivity index (χ0) is 9.84. The van der Waals surface area contributed by atoms with Crippen molar-refractivity contribution in [3.8, 4) is 0 Å². The minimum atomic E-state index is 0.627. The van der Waals surface area contributed by atoms with Crippen molar-refractivity contribution in [1.82, 2.24) is 4.90 Å². The highest BCUT2D eigenvalue weighted by Gasteiger charge is 2.00. The van der Waals surface area contributed by atoms with Gasteiger partial charge >= 0.3 is 0 Å². The van der Waals surface area contributed by atoms with E-state index in [4.69, 9.17) is 0 Å². The summed E-state index contributed by atoms with van der Waals surface area (Å²) in [5.74, 6) is 0.627. The highest BCUT2D eigenvalue weighted by molar-refractivity contribution is 5.25. The second-order valence-corrected chi connectivity index (χ2v) is 4.14. The summed E-state index contributed by atoms with van der Waals surface area (Å²) in [6.07, 6.45) is 0. The molecule has 0 aliphatic heterocycles. The fourth-order valence-electron chi connectivity index (χ4n) is 1.42. The van der Waals surface area contributed by atoms with E-state index in [0.29, 0.717) is 5.92 Å². The number of hydrogen-bond donors (Lipinski definition) is 0. The summed E-state index contributed by atoms with van der Waals surface area (Å²) in [5, 5.41) is 0. The lowest BCUT2D eigenvalue weighted by atomic mass is 10.0. The fourth-order valence-corrected chi connectivity index (χ4v) is 1.42. The molecule has 1 aromatic carbocycles. The van der Waals surface area contributed by atoms with Gasteiger partial charge in [0.15, 0.2) is 0 Å². The van der Waals surface area contributed by atoms with Gasteiger partial charge in [0, 0.05) is 6.54 Å². The average molecular weight is 177 g/mol. The van der Waals surface area contributed by atoms with E-state index in [-0.39, 0.29) is 0 Å². The van der Waals surface area contributed by atoms with Crippen molar-refractivity contribution in [2.45, 2.75) is 26.3 Å². The van der Waals surface area contributed by atoms with Crippen molar-refractivity contribution in [1.29, 1.82) is 0 Å². The summed E-state index contributed by atoms with van der Waals surface area (Å²) < 4.78 is 0. The van der Waals surface area contributed by atoms with E-state index in [1.165, 1.54) is 11.1 Å². The van der Waals surface area contributed by atoms with Gasteiger partial charge in [0.2, 0.25) is 0 Å². The predicted molar refractivity (Wildman–Crippen MR) is 57.9 cm³/mol. The second kappa shape index (κ2) is 4.43. The van der Waals surface area contributed by atoms with Gasteiger partial charge in [0.1, 0.15) is 0 Å². The maximum Gasteiger partial charge on any atom is 0.0227 e. The zero-order valence-electron chi connectivity index (χ0n) is 9.04. The molecule has 0 saturated carbocycles. The SMILES string of the molecule is CC(C)c1cccc(CN(C)C)c1. The Hall–Kier alpha value is -0.820. The highest BCUT2D eigenvalue weighted by atomic mass is 15.0. The molecule has 1 nitrogen and oxygen atoms in total. The molecular weight excluding hydrogens is 158 g/mol. The first-order valence-corrected chi connectivity index (χ1v) is 4.83. The molecule has 0 heterocycles. The van der Waals surface area contributed by atoms with Crippen LogP contribution in [0.5, 0.6) is 0 Å². The molecule has 0 amide bonds. The molecule has 0 saturated heterocycles. The molecule has 0 aliphatic rings. The zero-order valence-corrected chi connectivity index (χ0v) is 9.04. The van der Waals surface area contributed by atoms with Crippen molar-refractivity contribution < 1.29 is 0 Å². The van der Waals surface area contributed by atoms with Crippen LogP contribution in [-0.2, 0) is 6.54 Å². The third-order valence-electron chi connectivity index (χ3n) is 2.12. The van der Waals surface area contributed by atoms with Crippen LogP contribution in [-0.4, -0.2) is 19.0 Å². The van der Waals surface area contributed by atoms with Crippen LogP contribution < -0.4 is 0 Å². The van der Waals surface area contributed by atoms with Crippen LogP contribution in [0.25, 0.3) is 0 Å². The Morgan fingerprint density at radius 2 is 1.92 bits per heavy atom. The first-order valence-electron chi connectivity index (χ1n) is 4.83. The molecule has 0 fully saturated rings. The van der Waals surface area contributed by atoms with E-state index in [9.17, 15) is 0 Å². The largest absolute Gasteiger partial charge is 0.305 e. The van der Waals surface area contributed by atoms with Gasteiger partial charge in [-0.25, -0.2) is 0 Å². The second-order valence-electron chi connectivity index (χ2n) is 4.14. The molecule has 13 heavy (non-hydrogen) atoms. The Balaban J connectivity index is 2.79. The molecule has 0 aromatic heterocycles. The van der Waals surface area contributed by atoms with Crippen LogP contribution in [0.3, 0.4) is 0 Å². The Bertz CT molecular complexity index is 264. The summed E-state index contributed by atoms with van der Waals surface area (Å²) in [6.45, 7) is 5.49. The lowest BCUT2D eigenvalue weighted by molar-refractivity contribution is 0.402. The Morgan fingerprint density at radius 1 is 1.23 bits per heavy atom. The third-order valence-corrected chi connectivity index (χ3v) is 2.12. The normalized spacial score (nSPS) is 11.2. The summed E-state index contributed by atoms with van der Waals surface area (Å²) in [4.78, 5) is 2.19. The molecule has 1 aromatic rings. The van der Waals surface area contributed by atoms with Gasteiger partial charge in [-0.1, -0.05) is 38.1 Å². The first-order chi connectivity index (χ1) is 6.09. The lowest BCUT2D eigenvalue weighted by Crippen LogP contribution is -2.10. The molecule has 72 valence electrons. The molecule has 0 radical (unpaired) electrons. The van der Waals surface area contributed by atoms with Crippen molar-refractivity contribution >= 4 is 0 Å². The monoisotopic (exact) mass is 177 g/mol. The molecule has 1 rings (SSSR count). The molecule has 0 spiro atoms. The molecule has 0 N–H and O–H groups in total. The molecule has 1 heteroatoms. The lowest BCUT2D eigenvalue weighted by Gasteiger charge is -2.12. The average Bonchev–Trinajstić information content (AvgIpc) is 2.03. The third kappa shape index (κ3) is 3.19. The summed E-state index contributed by atoms with van der Waals surface area (Å²) in [7, 11) is 4.20. The van der Waals surface area contributed by atoms with Gasteiger partial charge in [-0.2, -0.15) is 0 Å². The van der Waals surface area contributed by atoms with Crippen LogP contribution in [0, 0.1) is 0 Å². The van der Waals surface area contributed by atoms with E-state index < -0.39 is 0 Å². The Labute approximate surface area is 81.4 Å². The summed E-state index contributed by atoms with van der Waals surface area (Å²) in [6, 6.07) is 8.83. The van der Waals surface area contributed by atoms with Crippen LogP contribution >= 0.6 is 0 Å². The molecule has 0 atom stereocenters. The van der Waals surface area contributed by atoms with Crippen LogP contribution in [0.2, 0.25) is 0 Å². The smallest absolute Gasteiger partial charge is 0.0227 e. The molecule has 0 bridgehead atoms. The predicted octanol–water partition coefficient (Wildman–Crippen LogP) is 2.87. The van der Waals surface area contributed by atoms with Gasteiger partial charge in [-0.05, 0) is 31.1 Å². The van der Waals surface area contributed by atoms with Crippen molar-refractivity contribution in [3.05, 3.63) is 35.4 Å². The van der Waals surface area contributed by atoms with Gasteiger partial charge < -0.3 is 4.90 Å². The fraction of sp³-hybridized carbons (Fsp3) is 0.500. The Morgan fingerprint density at radius 3 is 2.46 bits per heavy atom. The minimum absolute atomic E-state index is 0.627. The number of rotatable bonds is 3. The maximum absolute atomic E-state index is 2.30. The van der Waals surface area contributed by atoms with Crippen molar-refractivity contribution in [2.24, 2.45) is 0 Å².